The number of rotatable bonds is 7. The summed E-state index contributed by atoms with van der Waals surface area (Å²) in [6.45, 7) is 0. The molecular weight excluding hydrogens is 434 g/mol. The number of nitrogens with one attached hydrogen (secondary N) is 1. The SMILES string of the molecule is O=C(Cc1cccc2ccccc12)NN=Cc1cccc(OC(=O)c2ccc([N+](=O)[O-])cc2)c1. The van der Waals surface area contributed by atoms with Crippen molar-refractivity contribution in [1.29, 1.82) is 0 Å². The average molecular weight is 453 g/mol. The number of ether oxygens (including phenoxy) is 1. The molecule has 1 N–H and O–H groups in total. The fraction of sp³-hybridized carbons (Fsp3) is 0.0385. The number of hydrazone groups is 1. The number of nitro groups is 1. The largest absolute Gasteiger partial charge is 0.423 e. The summed E-state index contributed by atoms with van der Waals surface area (Å²) in [5.74, 6) is -0.630. The average Bonchev–Trinajstić information content (AvgIpc) is 2.84. The topological polar surface area (TPSA) is 111 Å². The lowest BCUT2D eigenvalue weighted by Crippen LogP contribution is -2.19. The Hall–Kier alpha value is -4.85. The lowest BCUT2D eigenvalue weighted by Gasteiger charge is -2.06. The van der Waals surface area contributed by atoms with E-state index < -0.39 is 10.9 Å². The summed E-state index contributed by atoms with van der Waals surface area (Å²) in [6, 6.07) is 25.4. The van der Waals surface area contributed by atoms with Gasteiger partial charge < -0.3 is 4.74 Å². The van der Waals surface area contributed by atoms with Crippen LogP contribution < -0.4 is 10.2 Å². The van der Waals surface area contributed by atoms with Crippen LogP contribution in [0.1, 0.15) is 21.5 Å². The standard InChI is InChI=1S/C26H19N3O5/c30-25(16-21-8-4-7-19-6-1-2-10-24(19)21)28-27-17-18-5-3-9-23(15-18)34-26(31)20-11-13-22(14-12-20)29(32)33/h1-15,17H,16H2,(H,28,30). The van der Waals surface area contributed by atoms with Crippen LogP contribution in [0.4, 0.5) is 5.69 Å². The Labute approximate surface area is 194 Å². The van der Waals surface area contributed by atoms with Crippen molar-refractivity contribution >= 4 is 34.6 Å². The van der Waals surface area contributed by atoms with Crippen LogP contribution in [0.25, 0.3) is 10.8 Å². The van der Waals surface area contributed by atoms with Gasteiger partial charge in [0.05, 0.1) is 23.1 Å². The second-order valence-corrected chi connectivity index (χ2v) is 7.37. The van der Waals surface area contributed by atoms with Gasteiger partial charge >= 0.3 is 5.97 Å². The van der Waals surface area contributed by atoms with Gasteiger partial charge in [-0.3, -0.25) is 14.9 Å². The van der Waals surface area contributed by atoms with E-state index in [0.29, 0.717) is 5.56 Å². The number of nitro benzene ring substituents is 1. The number of fused-ring (bicyclic) bond motifs is 1. The Bertz CT molecular complexity index is 1390. The second kappa shape index (κ2) is 10.2. The van der Waals surface area contributed by atoms with Gasteiger partial charge in [-0.15, -0.1) is 0 Å². The normalized spacial score (nSPS) is 10.8. The Morgan fingerprint density at radius 2 is 1.68 bits per heavy atom. The third-order valence-corrected chi connectivity index (χ3v) is 5.02. The first-order valence-electron chi connectivity index (χ1n) is 10.3. The van der Waals surface area contributed by atoms with Crippen molar-refractivity contribution < 1.29 is 19.2 Å². The van der Waals surface area contributed by atoms with E-state index in [2.05, 4.69) is 10.5 Å². The van der Waals surface area contributed by atoms with Gasteiger partial charge in [-0.25, -0.2) is 10.2 Å². The second-order valence-electron chi connectivity index (χ2n) is 7.37. The molecule has 0 aliphatic heterocycles. The molecule has 0 fully saturated rings. The van der Waals surface area contributed by atoms with Crippen LogP contribution >= 0.6 is 0 Å². The first-order valence-corrected chi connectivity index (χ1v) is 10.3. The Morgan fingerprint density at radius 1 is 0.941 bits per heavy atom. The number of hydrogen-bond acceptors (Lipinski definition) is 6. The number of non-ortho nitro benzene ring substituents is 1. The van der Waals surface area contributed by atoms with Crippen molar-refractivity contribution in [2.45, 2.75) is 6.42 Å². The fourth-order valence-electron chi connectivity index (χ4n) is 3.38. The zero-order chi connectivity index (χ0) is 23.9. The molecule has 8 nitrogen and oxygen atoms in total. The number of carbonyl (C=O) groups is 2. The fourth-order valence-corrected chi connectivity index (χ4v) is 3.38. The summed E-state index contributed by atoms with van der Waals surface area (Å²) in [4.78, 5) is 34.8. The molecule has 4 aromatic rings. The van der Waals surface area contributed by atoms with Crippen LogP contribution in [-0.2, 0) is 11.2 Å². The van der Waals surface area contributed by atoms with Crippen molar-refractivity contribution in [2.75, 3.05) is 0 Å². The van der Waals surface area contributed by atoms with Crippen LogP contribution in [0.3, 0.4) is 0 Å². The highest BCUT2D eigenvalue weighted by Crippen LogP contribution is 2.19. The van der Waals surface area contributed by atoms with Crippen molar-refractivity contribution in [3.63, 3.8) is 0 Å². The zero-order valence-corrected chi connectivity index (χ0v) is 17.9. The number of amides is 1. The Kier molecular flexibility index (Phi) is 6.69. The minimum Gasteiger partial charge on any atom is -0.423 e. The van der Waals surface area contributed by atoms with Gasteiger partial charge in [0.15, 0.2) is 0 Å². The summed E-state index contributed by atoms with van der Waals surface area (Å²) >= 11 is 0. The summed E-state index contributed by atoms with van der Waals surface area (Å²) in [5.41, 5.74) is 4.10. The molecular formula is C26H19N3O5. The quantitative estimate of drug-likeness (QED) is 0.144. The summed E-state index contributed by atoms with van der Waals surface area (Å²) in [6.07, 6.45) is 1.63. The van der Waals surface area contributed by atoms with Crippen LogP contribution in [-0.4, -0.2) is 23.0 Å². The molecule has 0 spiro atoms. The molecule has 0 bridgehead atoms. The molecule has 0 aromatic heterocycles. The van der Waals surface area contributed by atoms with E-state index in [1.54, 1.807) is 24.3 Å². The lowest BCUT2D eigenvalue weighted by atomic mass is 10.0. The monoisotopic (exact) mass is 453 g/mol. The predicted molar refractivity (Wildman–Crippen MR) is 128 cm³/mol. The molecule has 0 unspecified atom stereocenters. The minimum atomic E-state index is -0.646. The third-order valence-electron chi connectivity index (χ3n) is 5.02. The van der Waals surface area contributed by atoms with Crippen molar-refractivity contribution in [3.8, 4) is 5.75 Å². The van der Waals surface area contributed by atoms with Crippen LogP contribution in [0, 0.1) is 10.1 Å². The van der Waals surface area contributed by atoms with Gasteiger partial charge in [0.25, 0.3) is 5.69 Å². The van der Waals surface area contributed by atoms with Crippen LogP contribution in [0.5, 0.6) is 5.75 Å². The molecule has 1 amide bonds. The smallest absolute Gasteiger partial charge is 0.343 e. The van der Waals surface area contributed by atoms with Gasteiger partial charge in [-0.1, -0.05) is 54.6 Å². The van der Waals surface area contributed by atoms with Crippen molar-refractivity contribution in [1.82, 2.24) is 5.43 Å². The van der Waals surface area contributed by atoms with Gasteiger partial charge in [0.1, 0.15) is 5.75 Å². The summed E-state index contributed by atoms with van der Waals surface area (Å²) in [5, 5.41) is 16.8. The van der Waals surface area contributed by atoms with E-state index in [1.807, 2.05) is 42.5 Å². The molecule has 0 aliphatic rings. The molecule has 0 aliphatic carbocycles. The number of hydrogen-bond donors (Lipinski definition) is 1. The molecule has 8 heteroatoms. The number of nitrogens with zero attached hydrogens (tertiary/aromatic N) is 2. The highest BCUT2D eigenvalue weighted by Gasteiger charge is 2.12. The molecule has 0 saturated heterocycles. The van der Waals surface area contributed by atoms with Crippen LogP contribution in [0.2, 0.25) is 0 Å². The highest BCUT2D eigenvalue weighted by molar-refractivity contribution is 5.92. The summed E-state index contributed by atoms with van der Waals surface area (Å²) in [7, 11) is 0. The lowest BCUT2D eigenvalue weighted by molar-refractivity contribution is -0.384. The van der Waals surface area contributed by atoms with Gasteiger partial charge in [-0.2, -0.15) is 5.10 Å². The molecule has 4 aromatic carbocycles. The maximum atomic E-state index is 12.3. The van der Waals surface area contributed by atoms with E-state index in [0.717, 1.165) is 16.3 Å². The maximum Gasteiger partial charge on any atom is 0.343 e. The van der Waals surface area contributed by atoms with Gasteiger partial charge in [-0.05, 0) is 46.2 Å². The minimum absolute atomic E-state index is 0.114. The first-order chi connectivity index (χ1) is 16.5. The molecule has 4 rings (SSSR count). The van der Waals surface area contributed by atoms with Crippen LogP contribution in [0.15, 0.2) is 96.1 Å². The van der Waals surface area contributed by atoms with Crippen molar-refractivity contribution in [3.05, 3.63) is 118 Å². The molecule has 168 valence electrons. The van der Waals surface area contributed by atoms with E-state index in [-0.39, 0.29) is 29.3 Å². The zero-order valence-electron chi connectivity index (χ0n) is 17.9. The van der Waals surface area contributed by atoms with E-state index in [1.165, 1.54) is 30.5 Å². The van der Waals surface area contributed by atoms with E-state index >= 15 is 0 Å². The molecule has 34 heavy (non-hydrogen) atoms. The first kappa shape index (κ1) is 22.3. The number of carbonyl (C=O) groups excluding carboxylic acids is 2. The van der Waals surface area contributed by atoms with Crippen molar-refractivity contribution in [2.24, 2.45) is 5.10 Å². The Balaban J connectivity index is 1.36. The maximum absolute atomic E-state index is 12.3. The van der Waals surface area contributed by atoms with E-state index in [9.17, 15) is 19.7 Å². The Morgan fingerprint density at radius 3 is 2.47 bits per heavy atom. The molecule has 0 heterocycles. The van der Waals surface area contributed by atoms with Gasteiger partial charge in [0, 0.05) is 12.1 Å². The predicted octanol–water partition coefficient (Wildman–Crippen LogP) is 4.66. The van der Waals surface area contributed by atoms with Gasteiger partial charge in [0.2, 0.25) is 5.91 Å². The summed E-state index contributed by atoms with van der Waals surface area (Å²) < 4.78 is 5.33. The van der Waals surface area contributed by atoms with E-state index in [4.69, 9.17) is 4.74 Å². The third kappa shape index (κ3) is 5.49. The molecule has 0 radical (unpaired) electrons. The molecule has 0 saturated carbocycles. The molecule has 0 atom stereocenters. The highest BCUT2D eigenvalue weighted by atomic mass is 16.6. The number of benzene rings is 4. The number of esters is 1.